The van der Waals surface area contributed by atoms with Gasteiger partial charge in [0.2, 0.25) is 5.70 Å². The van der Waals surface area contributed by atoms with Crippen molar-refractivity contribution in [1.82, 2.24) is 0 Å². The predicted molar refractivity (Wildman–Crippen MR) is 99.4 cm³/mol. The highest BCUT2D eigenvalue weighted by Crippen LogP contribution is 2.29. The van der Waals surface area contributed by atoms with Gasteiger partial charge in [-0.05, 0) is 36.3 Å². The second kappa shape index (κ2) is 9.17. The topological polar surface area (TPSA) is 78.7 Å². The van der Waals surface area contributed by atoms with E-state index in [4.69, 9.17) is 9.47 Å². The Labute approximate surface area is 151 Å². The van der Waals surface area contributed by atoms with Crippen molar-refractivity contribution in [2.75, 3.05) is 6.61 Å². The molecule has 0 amide bonds. The first-order chi connectivity index (χ1) is 12.5. The van der Waals surface area contributed by atoms with Crippen LogP contribution in [0.4, 0.5) is 0 Å². The molecule has 0 saturated heterocycles. The van der Waals surface area contributed by atoms with Crippen LogP contribution in [0, 0.1) is 10.1 Å². The van der Waals surface area contributed by atoms with Crippen LogP contribution in [0.3, 0.4) is 0 Å². The molecule has 0 aliphatic rings. The van der Waals surface area contributed by atoms with Crippen molar-refractivity contribution >= 4 is 18.1 Å². The molecule has 0 fully saturated rings. The lowest BCUT2D eigenvalue weighted by Gasteiger charge is -2.10. The molecule has 2 rings (SSSR count). The number of esters is 1. The van der Waals surface area contributed by atoms with Crippen LogP contribution in [0.1, 0.15) is 25.0 Å². The number of ether oxygens (including phenoxy) is 2. The smallest absolute Gasteiger partial charge is 0.336 e. The minimum absolute atomic E-state index is 0.00277. The first-order valence-electron chi connectivity index (χ1n) is 8.04. The first kappa shape index (κ1) is 18.9. The minimum Gasteiger partial charge on any atom is -0.490 e. The molecule has 0 aliphatic carbocycles. The zero-order chi connectivity index (χ0) is 18.9. The lowest BCUT2D eigenvalue weighted by molar-refractivity contribution is -0.422. The number of hydrogen-bond acceptors (Lipinski definition) is 5. The molecule has 26 heavy (non-hydrogen) atoms. The third-order valence-corrected chi connectivity index (χ3v) is 3.35. The lowest BCUT2D eigenvalue weighted by Crippen LogP contribution is -2.06. The van der Waals surface area contributed by atoms with Gasteiger partial charge in [0.1, 0.15) is 0 Å². The van der Waals surface area contributed by atoms with Gasteiger partial charge in [-0.25, -0.2) is 4.79 Å². The molecule has 0 aromatic heterocycles. The number of rotatable bonds is 7. The van der Waals surface area contributed by atoms with E-state index in [1.54, 1.807) is 31.2 Å². The molecular formula is C20H19NO5. The summed E-state index contributed by atoms with van der Waals surface area (Å²) >= 11 is 0. The molecule has 0 saturated carbocycles. The van der Waals surface area contributed by atoms with E-state index in [1.807, 2.05) is 30.3 Å². The summed E-state index contributed by atoms with van der Waals surface area (Å²) in [5.74, 6) is 0.0592. The highest BCUT2D eigenvalue weighted by molar-refractivity contribution is 5.89. The molecule has 0 atom stereocenters. The van der Waals surface area contributed by atoms with E-state index in [0.29, 0.717) is 17.9 Å². The Hall–Kier alpha value is -3.41. The molecule has 0 radical (unpaired) electrons. The highest BCUT2D eigenvalue weighted by Gasteiger charge is 2.11. The second-order valence-corrected chi connectivity index (χ2v) is 5.35. The second-order valence-electron chi connectivity index (χ2n) is 5.35. The van der Waals surface area contributed by atoms with Crippen LogP contribution < -0.4 is 9.47 Å². The average Bonchev–Trinajstić information content (AvgIpc) is 2.63. The molecule has 2 aromatic carbocycles. The van der Waals surface area contributed by atoms with Crippen LogP contribution in [-0.2, 0) is 4.79 Å². The maximum absolute atomic E-state index is 12.0. The highest BCUT2D eigenvalue weighted by atomic mass is 16.6. The lowest BCUT2D eigenvalue weighted by atomic mass is 10.1. The Balaban J connectivity index is 2.17. The fourth-order valence-electron chi connectivity index (χ4n) is 2.13. The van der Waals surface area contributed by atoms with Gasteiger partial charge in [-0.1, -0.05) is 36.4 Å². The summed E-state index contributed by atoms with van der Waals surface area (Å²) in [6.45, 7) is 3.57. The van der Waals surface area contributed by atoms with Crippen LogP contribution in [0.2, 0.25) is 0 Å². The quantitative estimate of drug-likeness (QED) is 0.243. The number of nitro groups is 1. The van der Waals surface area contributed by atoms with Crippen molar-refractivity contribution in [2.45, 2.75) is 13.8 Å². The summed E-state index contributed by atoms with van der Waals surface area (Å²) in [6.07, 6.45) is 4.40. The summed E-state index contributed by atoms with van der Waals surface area (Å²) in [5, 5.41) is 10.7. The predicted octanol–water partition coefficient (Wildman–Crippen LogP) is 4.34. The van der Waals surface area contributed by atoms with E-state index >= 15 is 0 Å². The summed E-state index contributed by atoms with van der Waals surface area (Å²) in [7, 11) is 0. The minimum atomic E-state index is -0.542. The molecule has 6 nitrogen and oxygen atoms in total. The van der Waals surface area contributed by atoms with Crippen LogP contribution in [0.15, 0.2) is 60.3 Å². The summed E-state index contributed by atoms with van der Waals surface area (Å²) < 4.78 is 10.8. The molecule has 134 valence electrons. The van der Waals surface area contributed by atoms with Gasteiger partial charge in [0.25, 0.3) is 0 Å². The number of carbonyl (C=O) groups is 1. The number of benzene rings is 2. The molecule has 2 aromatic rings. The number of nitrogens with zero attached hydrogens (tertiary/aromatic N) is 1. The molecule has 6 heteroatoms. The number of allylic oxidation sites excluding steroid dienone is 1. The van der Waals surface area contributed by atoms with E-state index in [9.17, 15) is 14.9 Å². The van der Waals surface area contributed by atoms with Gasteiger partial charge in [0.15, 0.2) is 11.5 Å². The molecule has 0 heterocycles. The van der Waals surface area contributed by atoms with Crippen molar-refractivity contribution in [3.8, 4) is 11.5 Å². The fourth-order valence-corrected chi connectivity index (χ4v) is 2.13. The largest absolute Gasteiger partial charge is 0.490 e. The van der Waals surface area contributed by atoms with Gasteiger partial charge in [0.05, 0.1) is 11.5 Å². The molecular weight excluding hydrogens is 334 g/mol. The van der Waals surface area contributed by atoms with Gasteiger partial charge in [-0.2, -0.15) is 0 Å². The van der Waals surface area contributed by atoms with Gasteiger partial charge >= 0.3 is 5.97 Å². The zero-order valence-corrected chi connectivity index (χ0v) is 14.5. The molecule has 0 unspecified atom stereocenters. The Bertz CT molecular complexity index is 841. The number of hydrogen-bond donors (Lipinski definition) is 0. The van der Waals surface area contributed by atoms with Crippen LogP contribution in [0.5, 0.6) is 11.5 Å². The monoisotopic (exact) mass is 353 g/mol. The molecule has 0 N–H and O–H groups in total. The van der Waals surface area contributed by atoms with Gasteiger partial charge in [-0.3, -0.25) is 10.1 Å². The summed E-state index contributed by atoms with van der Waals surface area (Å²) in [4.78, 5) is 22.3. The van der Waals surface area contributed by atoms with Crippen molar-refractivity contribution in [3.05, 3.63) is 81.5 Å². The van der Waals surface area contributed by atoms with Gasteiger partial charge < -0.3 is 9.47 Å². The van der Waals surface area contributed by atoms with Crippen LogP contribution in [-0.4, -0.2) is 17.5 Å². The Morgan fingerprint density at radius 2 is 1.85 bits per heavy atom. The SMILES string of the molecule is CCOc1cc(/C=C(/C)[N+](=O)[O-])ccc1OC(=O)/C=C/c1ccccc1. The average molecular weight is 353 g/mol. The first-order valence-corrected chi connectivity index (χ1v) is 8.04. The van der Waals surface area contributed by atoms with Gasteiger partial charge in [0, 0.05) is 19.1 Å². The van der Waals surface area contributed by atoms with E-state index in [2.05, 4.69) is 0 Å². The van der Waals surface area contributed by atoms with E-state index in [0.717, 1.165) is 5.56 Å². The van der Waals surface area contributed by atoms with E-state index < -0.39 is 10.9 Å². The third kappa shape index (κ3) is 5.59. The van der Waals surface area contributed by atoms with Crippen LogP contribution >= 0.6 is 0 Å². The molecule has 0 spiro atoms. The maximum atomic E-state index is 12.0. The Kier molecular flexibility index (Phi) is 6.68. The summed E-state index contributed by atoms with van der Waals surface area (Å²) in [5.41, 5.74) is 1.47. The van der Waals surface area contributed by atoms with Crippen molar-refractivity contribution in [3.63, 3.8) is 0 Å². The van der Waals surface area contributed by atoms with Gasteiger partial charge in [-0.15, -0.1) is 0 Å². The molecule has 0 aliphatic heterocycles. The van der Waals surface area contributed by atoms with Crippen molar-refractivity contribution in [2.24, 2.45) is 0 Å². The molecule has 0 bridgehead atoms. The Morgan fingerprint density at radius 1 is 1.12 bits per heavy atom. The summed E-state index contributed by atoms with van der Waals surface area (Å²) in [6, 6.07) is 14.1. The standard InChI is InChI=1S/C20H19NO5/c1-3-25-19-14-17(13-15(2)21(23)24)9-11-18(19)26-20(22)12-10-16-7-5-4-6-8-16/h4-14H,3H2,1-2H3/b12-10+,15-13-. The normalized spacial score (nSPS) is 11.4. The zero-order valence-electron chi connectivity index (χ0n) is 14.5. The van der Waals surface area contributed by atoms with Crippen LogP contribution in [0.25, 0.3) is 12.2 Å². The van der Waals surface area contributed by atoms with Crippen molar-refractivity contribution in [1.29, 1.82) is 0 Å². The van der Waals surface area contributed by atoms with E-state index in [-0.39, 0.29) is 11.4 Å². The fraction of sp³-hybridized carbons (Fsp3) is 0.150. The number of carbonyl (C=O) groups excluding carboxylic acids is 1. The Morgan fingerprint density at radius 3 is 2.50 bits per heavy atom. The maximum Gasteiger partial charge on any atom is 0.336 e. The van der Waals surface area contributed by atoms with E-state index in [1.165, 1.54) is 19.1 Å². The van der Waals surface area contributed by atoms with Crippen molar-refractivity contribution < 1.29 is 19.2 Å². The third-order valence-electron chi connectivity index (χ3n) is 3.35.